The number of hydrogen-bond donors (Lipinski definition) is 0. The third kappa shape index (κ3) is 4.99. The zero-order chi connectivity index (χ0) is 19.4. The van der Waals surface area contributed by atoms with Crippen LogP contribution in [0.25, 0.3) is 0 Å². The quantitative estimate of drug-likeness (QED) is 0.618. The fourth-order valence-electron chi connectivity index (χ4n) is 3.38. The zero-order valence-corrected chi connectivity index (χ0v) is 18.4. The van der Waals surface area contributed by atoms with Crippen molar-refractivity contribution in [3.05, 3.63) is 68.6 Å². The number of carbonyl (C=O) groups is 2. The highest BCUT2D eigenvalue weighted by Crippen LogP contribution is 2.23. The molecule has 0 aliphatic carbocycles. The van der Waals surface area contributed by atoms with E-state index in [9.17, 15) is 9.59 Å². The molecule has 1 aliphatic rings. The number of halogens is 2. The molecular weight excluding hydrogens is 472 g/mol. The molecule has 1 aliphatic heterocycles. The Balaban J connectivity index is 1.55. The van der Waals surface area contributed by atoms with E-state index in [0.717, 1.165) is 14.5 Å². The van der Waals surface area contributed by atoms with E-state index >= 15 is 0 Å². The molecule has 2 amide bonds. The summed E-state index contributed by atoms with van der Waals surface area (Å²) in [6.07, 6.45) is 1.42. The van der Waals surface area contributed by atoms with Gasteiger partial charge in [0, 0.05) is 47.1 Å². The summed E-state index contributed by atoms with van der Waals surface area (Å²) in [7, 11) is 1.85. The van der Waals surface area contributed by atoms with Gasteiger partial charge in [-0.25, -0.2) is 0 Å². The van der Waals surface area contributed by atoms with Gasteiger partial charge in [0.05, 0.1) is 0 Å². The molecule has 0 N–H and O–H groups in total. The number of hydrogen-bond acceptors (Lipinski definition) is 2. The van der Waals surface area contributed by atoms with E-state index < -0.39 is 0 Å². The molecule has 6 heteroatoms. The largest absolute Gasteiger partial charge is 0.341 e. The first-order chi connectivity index (χ1) is 13.0. The first-order valence-corrected chi connectivity index (χ1v) is 10.6. The molecule has 0 spiro atoms. The van der Waals surface area contributed by atoms with E-state index in [4.69, 9.17) is 0 Å². The number of piperidine rings is 1. The van der Waals surface area contributed by atoms with Gasteiger partial charge >= 0.3 is 0 Å². The standard InChI is InChI=1S/C21H22Br2N2O2/c1-24(14-17-4-2-3-5-19(17)23)20(26)16-10-12-25(13-11-16)21(27)15-6-8-18(22)9-7-15/h2-9,16H,10-14H2,1H3. The maximum absolute atomic E-state index is 12.8. The van der Waals surface area contributed by atoms with Crippen molar-refractivity contribution in [3.8, 4) is 0 Å². The summed E-state index contributed by atoms with van der Waals surface area (Å²) in [6.45, 7) is 1.82. The fraction of sp³-hybridized carbons (Fsp3) is 0.333. The second-order valence-corrected chi connectivity index (χ2v) is 8.63. The molecule has 0 saturated carbocycles. The predicted octanol–water partition coefficient (Wildman–Crippen LogP) is 4.72. The zero-order valence-electron chi connectivity index (χ0n) is 15.2. The monoisotopic (exact) mass is 492 g/mol. The lowest BCUT2D eigenvalue weighted by Crippen LogP contribution is -2.43. The van der Waals surface area contributed by atoms with Crippen molar-refractivity contribution in [1.82, 2.24) is 9.80 Å². The molecule has 4 nitrogen and oxygen atoms in total. The maximum Gasteiger partial charge on any atom is 0.253 e. The maximum atomic E-state index is 12.8. The number of benzene rings is 2. The van der Waals surface area contributed by atoms with Crippen LogP contribution < -0.4 is 0 Å². The van der Waals surface area contributed by atoms with Crippen molar-refractivity contribution in [1.29, 1.82) is 0 Å². The lowest BCUT2D eigenvalue weighted by Gasteiger charge is -2.33. The molecule has 0 bridgehead atoms. The number of rotatable bonds is 4. The van der Waals surface area contributed by atoms with Crippen LogP contribution in [0.1, 0.15) is 28.8 Å². The van der Waals surface area contributed by atoms with Gasteiger partial charge in [-0.2, -0.15) is 0 Å². The van der Waals surface area contributed by atoms with Crippen LogP contribution in [-0.4, -0.2) is 41.8 Å². The van der Waals surface area contributed by atoms with E-state index in [1.807, 2.05) is 60.5 Å². The van der Waals surface area contributed by atoms with Crippen molar-refractivity contribution in [2.24, 2.45) is 5.92 Å². The first-order valence-electron chi connectivity index (χ1n) is 8.99. The van der Waals surface area contributed by atoms with E-state index in [-0.39, 0.29) is 17.7 Å². The summed E-state index contributed by atoms with van der Waals surface area (Å²) in [5, 5.41) is 0. The second-order valence-electron chi connectivity index (χ2n) is 6.86. The summed E-state index contributed by atoms with van der Waals surface area (Å²) in [6, 6.07) is 15.4. The van der Waals surface area contributed by atoms with E-state index in [1.165, 1.54) is 0 Å². The number of likely N-dealkylation sites (tertiary alicyclic amines) is 1. The Bertz CT molecular complexity index is 815. The molecule has 1 saturated heterocycles. The predicted molar refractivity (Wildman–Crippen MR) is 113 cm³/mol. The van der Waals surface area contributed by atoms with Gasteiger partial charge in [-0.05, 0) is 48.7 Å². The average molecular weight is 494 g/mol. The van der Waals surface area contributed by atoms with E-state index in [2.05, 4.69) is 31.9 Å². The van der Waals surface area contributed by atoms with Crippen LogP contribution >= 0.6 is 31.9 Å². The molecule has 0 aromatic heterocycles. The average Bonchev–Trinajstić information content (AvgIpc) is 2.69. The number of amides is 2. The molecule has 0 unspecified atom stereocenters. The fourth-order valence-corrected chi connectivity index (χ4v) is 4.05. The topological polar surface area (TPSA) is 40.6 Å². The second kappa shape index (κ2) is 9.02. The summed E-state index contributed by atoms with van der Waals surface area (Å²) in [5.41, 5.74) is 1.78. The summed E-state index contributed by atoms with van der Waals surface area (Å²) in [5.74, 6) is 0.169. The number of nitrogens with zero attached hydrogens (tertiary/aromatic N) is 2. The molecule has 1 fully saturated rings. The van der Waals surface area contributed by atoms with Crippen molar-refractivity contribution in [2.75, 3.05) is 20.1 Å². The molecule has 2 aromatic carbocycles. The van der Waals surface area contributed by atoms with Crippen molar-refractivity contribution >= 4 is 43.7 Å². The third-order valence-electron chi connectivity index (χ3n) is 4.96. The highest BCUT2D eigenvalue weighted by atomic mass is 79.9. The Kier molecular flexibility index (Phi) is 6.71. The first kappa shape index (κ1) is 20.1. The molecule has 3 rings (SSSR count). The van der Waals surface area contributed by atoms with Crippen LogP contribution in [0.4, 0.5) is 0 Å². The van der Waals surface area contributed by atoms with E-state index in [1.54, 1.807) is 4.90 Å². The van der Waals surface area contributed by atoms with Crippen molar-refractivity contribution in [2.45, 2.75) is 19.4 Å². The van der Waals surface area contributed by atoms with Gasteiger partial charge in [0.1, 0.15) is 0 Å². The Labute approximate surface area is 176 Å². The van der Waals surface area contributed by atoms with Gasteiger partial charge in [0.15, 0.2) is 0 Å². The molecule has 142 valence electrons. The molecule has 2 aromatic rings. The van der Waals surface area contributed by atoms with Gasteiger partial charge in [-0.3, -0.25) is 9.59 Å². The molecule has 27 heavy (non-hydrogen) atoms. The Morgan fingerprint density at radius 2 is 1.67 bits per heavy atom. The van der Waals surface area contributed by atoms with Crippen LogP contribution in [-0.2, 0) is 11.3 Å². The Morgan fingerprint density at radius 3 is 2.30 bits per heavy atom. The van der Waals surface area contributed by atoms with Crippen molar-refractivity contribution in [3.63, 3.8) is 0 Å². The Hall–Kier alpha value is -1.66. The minimum Gasteiger partial charge on any atom is -0.341 e. The molecule has 1 heterocycles. The van der Waals surface area contributed by atoms with Crippen LogP contribution in [0.3, 0.4) is 0 Å². The normalized spacial score (nSPS) is 14.9. The summed E-state index contributed by atoms with van der Waals surface area (Å²) < 4.78 is 1.97. The number of carbonyl (C=O) groups excluding carboxylic acids is 2. The minimum absolute atomic E-state index is 0.0218. The van der Waals surface area contributed by atoms with Crippen LogP contribution in [0.15, 0.2) is 57.5 Å². The van der Waals surface area contributed by atoms with E-state index in [0.29, 0.717) is 38.0 Å². The smallest absolute Gasteiger partial charge is 0.253 e. The van der Waals surface area contributed by atoms with Gasteiger partial charge < -0.3 is 9.80 Å². The third-order valence-corrected chi connectivity index (χ3v) is 6.27. The molecule has 0 atom stereocenters. The van der Waals surface area contributed by atoms with Gasteiger partial charge in [-0.15, -0.1) is 0 Å². The summed E-state index contributed by atoms with van der Waals surface area (Å²) in [4.78, 5) is 29.0. The molecule has 0 radical (unpaired) electrons. The highest BCUT2D eigenvalue weighted by molar-refractivity contribution is 9.10. The highest BCUT2D eigenvalue weighted by Gasteiger charge is 2.29. The van der Waals surface area contributed by atoms with Gasteiger partial charge in [-0.1, -0.05) is 50.1 Å². The van der Waals surface area contributed by atoms with Crippen LogP contribution in [0.2, 0.25) is 0 Å². The van der Waals surface area contributed by atoms with Crippen molar-refractivity contribution < 1.29 is 9.59 Å². The van der Waals surface area contributed by atoms with Crippen LogP contribution in [0.5, 0.6) is 0 Å². The summed E-state index contributed by atoms with van der Waals surface area (Å²) >= 11 is 6.92. The van der Waals surface area contributed by atoms with Gasteiger partial charge in [0.2, 0.25) is 5.91 Å². The van der Waals surface area contributed by atoms with Crippen LogP contribution in [0, 0.1) is 5.92 Å². The lowest BCUT2D eigenvalue weighted by atomic mass is 9.94. The lowest BCUT2D eigenvalue weighted by molar-refractivity contribution is -0.136. The molecular formula is C21H22Br2N2O2. The SMILES string of the molecule is CN(Cc1ccccc1Br)C(=O)C1CCN(C(=O)c2ccc(Br)cc2)CC1. The minimum atomic E-state index is -0.0218. The Morgan fingerprint density at radius 1 is 1.04 bits per heavy atom. The van der Waals surface area contributed by atoms with Gasteiger partial charge in [0.25, 0.3) is 5.91 Å².